The second-order valence-electron chi connectivity index (χ2n) is 7.87. The molecule has 0 bridgehead atoms. The van der Waals surface area contributed by atoms with Crippen molar-refractivity contribution < 1.29 is 17.9 Å². The summed E-state index contributed by atoms with van der Waals surface area (Å²) < 4.78 is 32.5. The Hall–Kier alpha value is -2.88. The maximum Gasteiger partial charge on any atom is 0.264 e. The van der Waals surface area contributed by atoms with E-state index in [0.717, 1.165) is 5.56 Å². The van der Waals surface area contributed by atoms with E-state index in [0.29, 0.717) is 18.0 Å². The van der Waals surface area contributed by atoms with Crippen LogP contribution in [0.25, 0.3) is 0 Å². The molecule has 0 aliphatic carbocycles. The Labute approximate surface area is 199 Å². The van der Waals surface area contributed by atoms with Crippen LogP contribution in [-0.2, 0) is 14.8 Å². The average Bonchev–Trinajstić information content (AvgIpc) is 3.32. The zero-order chi connectivity index (χ0) is 24.0. The molecule has 1 aromatic heterocycles. The first-order valence-corrected chi connectivity index (χ1v) is 12.8. The van der Waals surface area contributed by atoms with Crippen LogP contribution >= 0.6 is 11.3 Å². The minimum absolute atomic E-state index is 0.0965. The van der Waals surface area contributed by atoms with Crippen molar-refractivity contribution in [3.8, 4) is 5.75 Å². The van der Waals surface area contributed by atoms with Crippen LogP contribution in [0.3, 0.4) is 0 Å². The van der Waals surface area contributed by atoms with Gasteiger partial charge in [-0.3, -0.25) is 9.10 Å². The van der Waals surface area contributed by atoms with Crippen LogP contribution in [0.1, 0.15) is 16.5 Å². The Bertz CT molecular complexity index is 1140. The molecule has 0 aliphatic heterocycles. The van der Waals surface area contributed by atoms with Gasteiger partial charge >= 0.3 is 0 Å². The van der Waals surface area contributed by atoms with Crippen LogP contribution in [0, 0.1) is 6.92 Å². The zero-order valence-electron chi connectivity index (χ0n) is 19.2. The number of benzene rings is 2. The van der Waals surface area contributed by atoms with E-state index in [9.17, 15) is 13.2 Å². The Morgan fingerprint density at radius 1 is 1.03 bits per heavy atom. The highest BCUT2D eigenvalue weighted by Crippen LogP contribution is 2.25. The Morgan fingerprint density at radius 2 is 1.70 bits per heavy atom. The van der Waals surface area contributed by atoms with Crippen molar-refractivity contribution in [2.24, 2.45) is 0 Å². The SMILES string of the molecule is Cc1ccc(S(=O)(=O)N(C)c2ccc(OCC(=O)NCC(c3cccs3)N(C)C)cc2)cc1. The molecule has 1 unspecified atom stereocenters. The maximum absolute atomic E-state index is 12.8. The first kappa shape index (κ1) is 24.8. The topological polar surface area (TPSA) is 78.9 Å². The van der Waals surface area contributed by atoms with Crippen molar-refractivity contribution in [2.75, 3.05) is 38.6 Å². The summed E-state index contributed by atoms with van der Waals surface area (Å²) in [6, 6.07) is 17.5. The number of aryl methyl sites for hydroxylation is 1. The van der Waals surface area contributed by atoms with Gasteiger partial charge in [0.15, 0.2) is 6.61 Å². The summed E-state index contributed by atoms with van der Waals surface area (Å²) in [7, 11) is 1.80. The number of likely N-dealkylation sites (N-methyl/N-ethyl adjacent to an activating group) is 1. The summed E-state index contributed by atoms with van der Waals surface area (Å²) in [5.41, 5.74) is 1.49. The molecule has 1 heterocycles. The lowest BCUT2D eigenvalue weighted by molar-refractivity contribution is -0.123. The molecule has 1 atom stereocenters. The molecule has 0 saturated carbocycles. The summed E-state index contributed by atoms with van der Waals surface area (Å²) >= 11 is 1.65. The number of anilines is 1. The Kier molecular flexibility index (Phi) is 8.12. The van der Waals surface area contributed by atoms with Gasteiger partial charge in [-0.15, -0.1) is 11.3 Å². The molecular weight excluding hydrogens is 458 g/mol. The third kappa shape index (κ3) is 6.34. The molecule has 0 radical (unpaired) electrons. The van der Waals surface area contributed by atoms with E-state index in [1.807, 2.05) is 32.5 Å². The highest BCUT2D eigenvalue weighted by Gasteiger charge is 2.21. The number of rotatable bonds is 10. The van der Waals surface area contributed by atoms with Gasteiger partial charge in [0.1, 0.15) is 5.75 Å². The highest BCUT2D eigenvalue weighted by atomic mass is 32.2. The number of amides is 1. The van der Waals surface area contributed by atoms with Crippen molar-refractivity contribution in [2.45, 2.75) is 17.9 Å². The van der Waals surface area contributed by atoms with Gasteiger partial charge in [0.25, 0.3) is 15.9 Å². The molecule has 3 aromatic rings. The van der Waals surface area contributed by atoms with Gasteiger partial charge in [0, 0.05) is 18.5 Å². The van der Waals surface area contributed by atoms with Crippen LogP contribution in [0.5, 0.6) is 5.75 Å². The Balaban J connectivity index is 1.55. The molecule has 33 heavy (non-hydrogen) atoms. The van der Waals surface area contributed by atoms with Gasteiger partial charge in [-0.05, 0) is 68.9 Å². The number of carbonyl (C=O) groups is 1. The predicted octanol–water partition coefficient (Wildman–Crippen LogP) is 3.68. The average molecular weight is 488 g/mol. The van der Waals surface area contributed by atoms with Crippen LogP contribution < -0.4 is 14.4 Å². The van der Waals surface area contributed by atoms with E-state index in [-0.39, 0.29) is 23.5 Å². The summed E-state index contributed by atoms with van der Waals surface area (Å²) in [5, 5.41) is 4.93. The number of sulfonamides is 1. The molecular formula is C24H29N3O4S2. The number of hydrogen-bond donors (Lipinski definition) is 1. The fraction of sp³-hybridized carbons (Fsp3) is 0.292. The van der Waals surface area contributed by atoms with Gasteiger partial charge in [-0.2, -0.15) is 0 Å². The molecule has 9 heteroatoms. The van der Waals surface area contributed by atoms with Crippen molar-refractivity contribution in [1.82, 2.24) is 10.2 Å². The first-order valence-electron chi connectivity index (χ1n) is 10.4. The zero-order valence-corrected chi connectivity index (χ0v) is 20.8. The van der Waals surface area contributed by atoms with Crippen LogP contribution in [0.4, 0.5) is 5.69 Å². The molecule has 176 valence electrons. The minimum Gasteiger partial charge on any atom is -0.484 e. The molecule has 0 aliphatic rings. The smallest absolute Gasteiger partial charge is 0.264 e. The fourth-order valence-electron chi connectivity index (χ4n) is 3.19. The van der Waals surface area contributed by atoms with E-state index in [4.69, 9.17) is 4.74 Å². The standard InChI is InChI=1S/C24H29N3O4S2/c1-18-7-13-21(14-8-18)33(29,30)27(4)19-9-11-20(12-10-19)31-17-24(28)25-16-22(26(2)3)23-6-5-15-32-23/h5-15,22H,16-17H2,1-4H3,(H,25,28). The molecule has 2 aromatic carbocycles. The second-order valence-corrected chi connectivity index (χ2v) is 10.8. The normalized spacial score (nSPS) is 12.4. The number of hydrogen-bond acceptors (Lipinski definition) is 6. The summed E-state index contributed by atoms with van der Waals surface area (Å²) in [6.07, 6.45) is 0. The minimum atomic E-state index is -3.66. The molecule has 1 N–H and O–H groups in total. The third-order valence-corrected chi connectivity index (χ3v) is 8.01. The van der Waals surface area contributed by atoms with Crippen LogP contribution in [0.2, 0.25) is 0 Å². The largest absolute Gasteiger partial charge is 0.484 e. The van der Waals surface area contributed by atoms with Crippen molar-refractivity contribution in [1.29, 1.82) is 0 Å². The second kappa shape index (κ2) is 10.8. The van der Waals surface area contributed by atoms with Gasteiger partial charge in [0.05, 0.1) is 16.6 Å². The summed E-state index contributed by atoms with van der Waals surface area (Å²) in [6.45, 7) is 2.27. The van der Waals surface area contributed by atoms with Gasteiger partial charge in [-0.25, -0.2) is 8.42 Å². The lowest BCUT2D eigenvalue weighted by Crippen LogP contribution is -2.36. The molecule has 7 nitrogen and oxygen atoms in total. The van der Waals surface area contributed by atoms with E-state index < -0.39 is 10.0 Å². The van der Waals surface area contributed by atoms with E-state index in [1.165, 1.54) is 16.2 Å². The lowest BCUT2D eigenvalue weighted by atomic mass is 10.2. The quantitative estimate of drug-likeness (QED) is 0.472. The maximum atomic E-state index is 12.8. The number of carbonyl (C=O) groups excluding carboxylic acids is 1. The lowest BCUT2D eigenvalue weighted by Gasteiger charge is -2.23. The first-order chi connectivity index (χ1) is 15.7. The van der Waals surface area contributed by atoms with E-state index >= 15 is 0 Å². The summed E-state index contributed by atoms with van der Waals surface area (Å²) in [4.78, 5) is 15.7. The number of nitrogens with zero attached hydrogens (tertiary/aromatic N) is 2. The third-order valence-electron chi connectivity index (χ3n) is 5.24. The molecule has 0 saturated heterocycles. The molecule has 0 fully saturated rings. The fourth-order valence-corrected chi connectivity index (χ4v) is 5.31. The number of nitrogens with one attached hydrogen (secondary N) is 1. The predicted molar refractivity (Wildman–Crippen MR) is 132 cm³/mol. The van der Waals surface area contributed by atoms with Crippen LogP contribution in [-0.4, -0.2) is 53.5 Å². The molecule has 1 amide bonds. The van der Waals surface area contributed by atoms with E-state index in [2.05, 4.69) is 16.3 Å². The number of ether oxygens (including phenoxy) is 1. The Morgan fingerprint density at radius 3 is 2.27 bits per heavy atom. The van der Waals surface area contributed by atoms with Crippen molar-refractivity contribution in [3.63, 3.8) is 0 Å². The van der Waals surface area contributed by atoms with Gasteiger partial charge in [-0.1, -0.05) is 23.8 Å². The number of thiophene rings is 1. The van der Waals surface area contributed by atoms with Crippen molar-refractivity contribution >= 4 is 33.0 Å². The van der Waals surface area contributed by atoms with Crippen molar-refractivity contribution in [3.05, 3.63) is 76.5 Å². The monoisotopic (exact) mass is 487 g/mol. The van der Waals surface area contributed by atoms with Crippen LogP contribution in [0.15, 0.2) is 70.9 Å². The van der Waals surface area contributed by atoms with Gasteiger partial charge in [0.2, 0.25) is 0 Å². The summed E-state index contributed by atoms with van der Waals surface area (Å²) in [5.74, 6) is 0.263. The van der Waals surface area contributed by atoms with E-state index in [1.54, 1.807) is 59.9 Å². The van der Waals surface area contributed by atoms with Gasteiger partial charge < -0.3 is 15.0 Å². The molecule has 0 spiro atoms. The highest BCUT2D eigenvalue weighted by molar-refractivity contribution is 7.92. The molecule has 3 rings (SSSR count).